The van der Waals surface area contributed by atoms with Crippen LogP contribution in [0.3, 0.4) is 0 Å². The van der Waals surface area contributed by atoms with Crippen LogP contribution in [0, 0.1) is 12.8 Å². The molecular weight excluding hydrogens is 334 g/mol. The number of aryl methyl sites for hydroxylation is 1. The second-order valence-electron chi connectivity index (χ2n) is 6.65. The highest BCUT2D eigenvalue weighted by Gasteiger charge is 2.41. The van der Waals surface area contributed by atoms with Crippen LogP contribution in [0.1, 0.15) is 30.9 Å². The Morgan fingerprint density at radius 2 is 1.77 bits per heavy atom. The van der Waals surface area contributed by atoms with Crippen molar-refractivity contribution >= 4 is 24.1 Å². The molecule has 0 atom stereocenters. The first-order chi connectivity index (χ1) is 12.2. The predicted octanol–water partition coefficient (Wildman–Crippen LogP) is 2.23. The summed E-state index contributed by atoms with van der Waals surface area (Å²) in [7, 11) is 2.70. The van der Waals surface area contributed by atoms with Crippen LogP contribution in [-0.4, -0.2) is 61.1 Å². The van der Waals surface area contributed by atoms with Gasteiger partial charge in [-0.15, -0.1) is 0 Å². The van der Waals surface area contributed by atoms with Crippen molar-refractivity contribution in [3.05, 3.63) is 29.3 Å². The van der Waals surface area contributed by atoms with Gasteiger partial charge in [-0.3, -0.25) is 24.4 Å². The maximum Gasteiger partial charge on any atom is 0.332 e. The lowest BCUT2D eigenvalue weighted by Crippen LogP contribution is -2.57. The maximum absolute atomic E-state index is 12.1. The van der Waals surface area contributed by atoms with Crippen LogP contribution < -0.4 is 4.74 Å². The molecule has 4 amide bonds. The number of hydrogen-bond acceptors (Lipinski definition) is 5. The fraction of sp³-hybridized carbons (Fsp3) is 0.474. The normalized spacial score (nSPS) is 16.3. The van der Waals surface area contributed by atoms with Gasteiger partial charge in [-0.05, 0) is 30.0 Å². The van der Waals surface area contributed by atoms with Gasteiger partial charge in [-0.1, -0.05) is 26.0 Å². The molecule has 0 aromatic heterocycles. The summed E-state index contributed by atoms with van der Waals surface area (Å²) in [5.74, 6) is -1.03. The zero-order valence-electron chi connectivity index (χ0n) is 15.9. The van der Waals surface area contributed by atoms with Gasteiger partial charge in [0.25, 0.3) is 0 Å². The van der Waals surface area contributed by atoms with Gasteiger partial charge in [0.2, 0.25) is 11.8 Å². The second kappa shape index (κ2) is 8.12. The number of barbiturate groups is 1. The Kier molecular flexibility index (Phi) is 6.13. The number of imide groups is 2. The largest absolute Gasteiger partial charge is 0.491 e. The third-order valence-corrected chi connectivity index (χ3v) is 4.29. The van der Waals surface area contributed by atoms with Gasteiger partial charge >= 0.3 is 6.03 Å². The summed E-state index contributed by atoms with van der Waals surface area (Å²) in [6.45, 7) is 6.85. The number of benzene rings is 1. The predicted molar refractivity (Wildman–Crippen MR) is 98.5 cm³/mol. The quantitative estimate of drug-likeness (QED) is 0.443. The topological polar surface area (TPSA) is 79.3 Å². The van der Waals surface area contributed by atoms with E-state index in [-0.39, 0.29) is 0 Å². The van der Waals surface area contributed by atoms with Crippen LogP contribution in [-0.2, 0) is 9.59 Å². The molecule has 0 aliphatic carbocycles. The molecule has 140 valence electrons. The molecule has 0 bridgehead atoms. The Balaban J connectivity index is 1.96. The van der Waals surface area contributed by atoms with E-state index < -0.39 is 23.8 Å². The fourth-order valence-electron chi connectivity index (χ4n) is 2.70. The highest BCUT2D eigenvalue weighted by Crippen LogP contribution is 2.27. The second-order valence-corrected chi connectivity index (χ2v) is 6.65. The Labute approximate surface area is 153 Å². The molecular formula is C19H25N3O4. The summed E-state index contributed by atoms with van der Waals surface area (Å²) in [5, 5.41) is 0. The van der Waals surface area contributed by atoms with Crippen molar-refractivity contribution in [2.75, 3.05) is 27.2 Å². The van der Waals surface area contributed by atoms with E-state index in [2.05, 4.69) is 31.0 Å². The monoisotopic (exact) mass is 359 g/mol. The Hall–Kier alpha value is -2.70. The van der Waals surface area contributed by atoms with Gasteiger partial charge < -0.3 is 4.74 Å². The zero-order chi connectivity index (χ0) is 19.4. The maximum atomic E-state index is 12.1. The molecule has 1 aliphatic heterocycles. The van der Waals surface area contributed by atoms with Crippen LogP contribution >= 0.6 is 0 Å². The average molecular weight is 359 g/mol. The molecule has 26 heavy (non-hydrogen) atoms. The molecule has 1 fully saturated rings. The number of rotatable bonds is 6. The number of ether oxygens (including phenoxy) is 1. The minimum absolute atomic E-state index is 0.309. The summed E-state index contributed by atoms with van der Waals surface area (Å²) in [6.07, 6.45) is 1.30. The number of carbonyl (C=O) groups excluding carboxylic acids is 3. The first kappa shape index (κ1) is 19.6. The SMILES string of the molecule is Cc1ccc(C(C)C)c(OCCN=CC2C(=O)N(C)C(=O)N(C)C2=O)c1. The molecule has 1 aliphatic rings. The minimum atomic E-state index is -1.06. The van der Waals surface area contributed by atoms with E-state index in [4.69, 9.17) is 4.74 Å². The lowest BCUT2D eigenvalue weighted by molar-refractivity contribution is -0.144. The summed E-state index contributed by atoms with van der Waals surface area (Å²) in [4.78, 5) is 41.8. The van der Waals surface area contributed by atoms with Crippen LogP contribution in [0.25, 0.3) is 0 Å². The molecule has 1 aromatic rings. The smallest absolute Gasteiger partial charge is 0.332 e. The number of hydrogen-bond donors (Lipinski definition) is 0. The van der Waals surface area contributed by atoms with Crippen molar-refractivity contribution in [1.29, 1.82) is 0 Å². The van der Waals surface area contributed by atoms with E-state index in [0.29, 0.717) is 19.1 Å². The third kappa shape index (κ3) is 4.09. The first-order valence-electron chi connectivity index (χ1n) is 8.56. The highest BCUT2D eigenvalue weighted by atomic mass is 16.5. The summed E-state index contributed by atoms with van der Waals surface area (Å²) in [6, 6.07) is 5.46. The highest BCUT2D eigenvalue weighted by molar-refractivity contribution is 6.23. The number of amides is 4. The van der Waals surface area contributed by atoms with Crippen molar-refractivity contribution in [2.45, 2.75) is 26.7 Å². The summed E-state index contributed by atoms with van der Waals surface area (Å²) >= 11 is 0. The van der Waals surface area contributed by atoms with E-state index in [9.17, 15) is 14.4 Å². The van der Waals surface area contributed by atoms with Crippen LogP contribution in [0.2, 0.25) is 0 Å². The van der Waals surface area contributed by atoms with Crippen LogP contribution in [0.4, 0.5) is 4.79 Å². The molecule has 0 unspecified atom stereocenters. The number of aliphatic imine (C=N–C) groups is 1. The van der Waals surface area contributed by atoms with Gasteiger partial charge in [0.1, 0.15) is 12.4 Å². The van der Waals surface area contributed by atoms with Crippen molar-refractivity contribution in [1.82, 2.24) is 9.80 Å². The van der Waals surface area contributed by atoms with Crippen molar-refractivity contribution < 1.29 is 19.1 Å². The molecule has 0 N–H and O–H groups in total. The lowest BCUT2D eigenvalue weighted by Gasteiger charge is -2.31. The van der Waals surface area contributed by atoms with Crippen molar-refractivity contribution in [3.63, 3.8) is 0 Å². The van der Waals surface area contributed by atoms with Crippen LogP contribution in [0.5, 0.6) is 5.75 Å². The molecule has 1 aromatic carbocycles. The van der Waals surface area contributed by atoms with Crippen molar-refractivity contribution in [2.24, 2.45) is 10.9 Å². The standard InChI is InChI=1S/C19H25N3O4/c1-12(2)14-7-6-13(3)10-16(14)26-9-8-20-11-15-17(23)21(4)19(25)22(5)18(15)24/h6-7,10-12,15H,8-9H2,1-5H3. The van der Waals surface area contributed by atoms with E-state index >= 15 is 0 Å². The van der Waals surface area contributed by atoms with Crippen molar-refractivity contribution in [3.8, 4) is 5.75 Å². The molecule has 7 nitrogen and oxygen atoms in total. The molecule has 1 heterocycles. The van der Waals surface area contributed by atoms with Gasteiger partial charge in [0.05, 0.1) is 6.54 Å². The van der Waals surface area contributed by atoms with E-state index in [1.54, 1.807) is 0 Å². The van der Waals surface area contributed by atoms with Gasteiger partial charge in [-0.2, -0.15) is 0 Å². The molecule has 0 radical (unpaired) electrons. The molecule has 2 rings (SSSR count). The molecule has 0 saturated carbocycles. The Morgan fingerprint density at radius 1 is 1.15 bits per heavy atom. The van der Waals surface area contributed by atoms with Crippen LogP contribution in [0.15, 0.2) is 23.2 Å². The molecule has 1 saturated heterocycles. The third-order valence-electron chi connectivity index (χ3n) is 4.29. The number of nitrogens with zero attached hydrogens (tertiary/aromatic N) is 3. The van der Waals surface area contributed by atoms with Gasteiger partial charge in [0.15, 0.2) is 5.92 Å². The van der Waals surface area contributed by atoms with E-state index in [1.165, 1.54) is 20.3 Å². The van der Waals surface area contributed by atoms with E-state index in [0.717, 1.165) is 26.7 Å². The first-order valence-corrected chi connectivity index (χ1v) is 8.56. The van der Waals surface area contributed by atoms with Gasteiger partial charge in [-0.25, -0.2) is 4.79 Å². The molecule has 7 heteroatoms. The molecule has 0 spiro atoms. The summed E-state index contributed by atoms with van der Waals surface area (Å²) < 4.78 is 5.82. The lowest BCUT2D eigenvalue weighted by atomic mass is 10.0. The number of carbonyl (C=O) groups is 3. The Bertz CT molecular complexity index is 718. The fourth-order valence-corrected chi connectivity index (χ4v) is 2.70. The average Bonchev–Trinajstić information content (AvgIpc) is 2.60. The Morgan fingerprint density at radius 3 is 2.35 bits per heavy atom. The number of urea groups is 1. The zero-order valence-corrected chi connectivity index (χ0v) is 15.9. The van der Waals surface area contributed by atoms with E-state index in [1.807, 2.05) is 13.0 Å². The van der Waals surface area contributed by atoms with Gasteiger partial charge in [0, 0.05) is 20.3 Å². The minimum Gasteiger partial charge on any atom is -0.491 e. The summed E-state index contributed by atoms with van der Waals surface area (Å²) in [5.41, 5.74) is 2.24.